The highest BCUT2D eigenvalue weighted by molar-refractivity contribution is 6.00. The summed E-state index contributed by atoms with van der Waals surface area (Å²) < 4.78 is 11.9. The lowest BCUT2D eigenvalue weighted by Crippen LogP contribution is -2.50. The number of fused-ring (bicyclic) bond motifs is 4. The molecule has 2 aliphatic rings. The van der Waals surface area contributed by atoms with Crippen molar-refractivity contribution in [2.45, 2.75) is 76.5 Å². The molecule has 1 aliphatic heterocycles. The minimum atomic E-state index is -0.866. The molecule has 7 heteroatoms. The monoisotopic (exact) mass is 570 g/mol. The van der Waals surface area contributed by atoms with Gasteiger partial charge in [-0.25, -0.2) is 0 Å². The average Bonchev–Trinajstić information content (AvgIpc) is 3.78. The lowest BCUT2D eigenvalue weighted by molar-refractivity contribution is 0.0821. The lowest BCUT2D eigenvalue weighted by atomic mass is 9.95. The van der Waals surface area contributed by atoms with Crippen molar-refractivity contribution in [1.29, 1.82) is 0 Å². The normalized spacial score (nSPS) is 19.3. The van der Waals surface area contributed by atoms with Crippen molar-refractivity contribution >= 4 is 11.7 Å². The van der Waals surface area contributed by atoms with Crippen LogP contribution in [0, 0.1) is 0 Å². The number of rotatable bonds is 7. The molecule has 0 aromatic heterocycles. The van der Waals surface area contributed by atoms with E-state index in [2.05, 4.69) is 48.7 Å². The summed E-state index contributed by atoms with van der Waals surface area (Å²) in [5.74, 6) is 1.16. The van der Waals surface area contributed by atoms with Gasteiger partial charge in [0.15, 0.2) is 5.78 Å². The zero-order valence-corrected chi connectivity index (χ0v) is 24.8. The summed E-state index contributed by atoms with van der Waals surface area (Å²) in [6.45, 7) is 7.17. The largest absolute Gasteiger partial charge is 0.494 e. The topological polar surface area (TPSA) is 96.9 Å². The van der Waals surface area contributed by atoms with Gasteiger partial charge in [-0.2, -0.15) is 0 Å². The molecule has 1 amide bonds. The van der Waals surface area contributed by atoms with Gasteiger partial charge in [0.05, 0.1) is 25.4 Å². The summed E-state index contributed by atoms with van der Waals surface area (Å²) in [6, 6.07) is 20.8. The van der Waals surface area contributed by atoms with E-state index in [4.69, 9.17) is 9.47 Å². The fraction of sp³-hybridized carbons (Fsp3) is 0.429. The van der Waals surface area contributed by atoms with Gasteiger partial charge >= 0.3 is 0 Å². The highest BCUT2D eigenvalue weighted by Crippen LogP contribution is 2.46. The Morgan fingerprint density at radius 1 is 1.00 bits per heavy atom. The molecule has 42 heavy (non-hydrogen) atoms. The summed E-state index contributed by atoms with van der Waals surface area (Å²) in [5, 5.41) is 18.2. The third-order valence-electron chi connectivity index (χ3n) is 8.29. The van der Waals surface area contributed by atoms with E-state index in [1.807, 2.05) is 24.3 Å². The first-order valence-corrected chi connectivity index (χ1v) is 15.1. The van der Waals surface area contributed by atoms with Crippen LogP contribution in [0.25, 0.3) is 0 Å². The van der Waals surface area contributed by atoms with E-state index in [-0.39, 0.29) is 17.2 Å². The second-order valence-electron chi connectivity index (χ2n) is 11.9. The van der Waals surface area contributed by atoms with Crippen LogP contribution in [-0.2, 0) is 12.0 Å². The Morgan fingerprint density at radius 2 is 1.74 bits per heavy atom. The van der Waals surface area contributed by atoms with Crippen LogP contribution < -0.4 is 20.1 Å². The van der Waals surface area contributed by atoms with Crippen molar-refractivity contribution < 1.29 is 24.2 Å². The molecule has 0 radical (unpaired) electrons. The average molecular weight is 571 g/mol. The van der Waals surface area contributed by atoms with Gasteiger partial charge in [0.25, 0.3) is 5.91 Å². The summed E-state index contributed by atoms with van der Waals surface area (Å²) in [5.41, 5.74) is 4.06. The molecule has 1 saturated carbocycles. The fourth-order valence-electron chi connectivity index (χ4n) is 5.48. The van der Waals surface area contributed by atoms with Crippen LogP contribution in [0.3, 0.4) is 0 Å². The maximum atomic E-state index is 13.6. The highest BCUT2D eigenvalue weighted by Gasteiger charge is 2.44. The molecule has 3 aromatic rings. The van der Waals surface area contributed by atoms with Gasteiger partial charge in [-0.15, -0.1) is 0 Å². The van der Waals surface area contributed by atoms with E-state index in [1.165, 1.54) is 18.1 Å². The number of carbonyl (C=O) groups is 2. The second-order valence-corrected chi connectivity index (χ2v) is 11.9. The van der Waals surface area contributed by atoms with E-state index < -0.39 is 12.1 Å². The molecule has 5 rings (SSSR count). The van der Waals surface area contributed by atoms with Crippen molar-refractivity contribution in [3.63, 3.8) is 0 Å². The Bertz CT molecular complexity index is 1410. The SMILES string of the molecule is CC(=O)c1cc2cc(c1)C(=O)N[C@H]([C@H](O)CNC1(c3cccc(C(C)C)c3)CC1)Cc1cccc(c1)OCCCCO2. The number of amides is 1. The van der Waals surface area contributed by atoms with Gasteiger partial charge < -0.3 is 25.2 Å². The van der Waals surface area contributed by atoms with Crippen LogP contribution in [0.15, 0.2) is 66.7 Å². The van der Waals surface area contributed by atoms with E-state index in [0.29, 0.717) is 49.0 Å². The van der Waals surface area contributed by atoms with Gasteiger partial charge in [-0.1, -0.05) is 50.2 Å². The molecule has 7 nitrogen and oxygen atoms in total. The Hall–Kier alpha value is -3.68. The Balaban J connectivity index is 1.39. The minimum Gasteiger partial charge on any atom is -0.494 e. The van der Waals surface area contributed by atoms with E-state index in [1.54, 1.807) is 18.2 Å². The fourth-order valence-corrected chi connectivity index (χ4v) is 5.48. The predicted octanol–water partition coefficient (Wildman–Crippen LogP) is 5.54. The number of hydrogen-bond donors (Lipinski definition) is 3. The molecule has 4 bridgehead atoms. The summed E-state index contributed by atoms with van der Waals surface area (Å²) in [6.07, 6.45) is 3.12. The zero-order chi connectivity index (χ0) is 29.7. The van der Waals surface area contributed by atoms with Crippen LogP contribution in [0.1, 0.15) is 89.8 Å². The van der Waals surface area contributed by atoms with Gasteiger partial charge in [-0.3, -0.25) is 9.59 Å². The first-order valence-electron chi connectivity index (χ1n) is 15.1. The van der Waals surface area contributed by atoms with E-state index in [0.717, 1.165) is 37.0 Å². The molecule has 0 unspecified atom stereocenters. The molecule has 0 saturated heterocycles. The summed E-state index contributed by atoms with van der Waals surface area (Å²) in [4.78, 5) is 25.8. The Kier molecular flexibility index (Phi) is 9.29. The number of aliphatic hydroxyl groups is 1. The smallest absolute Gasteiger partial charge is 0.251 e. The summed E-state index contributed by atoms with van der Waals surface area (Å²) in [7, 11) is 0. The molecular weight excluding hydrogens is 528 g/mol. The number of hydrogen-bond acceptors (Lipinski definition) is 6. The second kappa shape index (κ2) is 13.1. The molecule has 1 aliphatic carbocycles. The number of ether oxygens (including phenoxy) is 2. The van der Waals surface area contributed by atoms with Crippen LogP contribution in [0.5, 0.6) is 11.5 Å². The zero-order valence-electron chi connectivity index (χ0n) is 24.8. The molecule has 3 aromatic carbocycles. The van der Waals surface area contributed by atoms with Crippen molar-refractivity contribution in [2.24, 2.45) is 0 Å². The van der Waals surface area contributed by atoms with Crippen LogP contribution in [-0.4, -0.2) is 48.7 Å². The van der Waals surface area contributed by atoms with Crippen LogP contribution in [0.2, 0.25) is 0 Å². The van der Waals surface area contributed by atoms with Gasteiger partial charge in [0.2, 0.25) is 0 Å². The van der Waals surface area contributed by atoms with Crippen molar-refractivity contribution in [2.75, 3.05) is 19.8 Å². The van der Waals surface area contributed by atoms with Gasteiger partial charge in [0, 0.05) is 23.2 Å². The molecular formula is C35H42N2O5. The third-order valence-corrected chi connectivity index (χ3v) is 8.29. The van der Waals surface area contributed by atoms with Crippen LogP contribution >= 0.6 is 0 Å². The summed E-state index contributed by atoms with van der Waals surface area (Å²) >= 11 is 0. The minimum absolute atomic E-state index is 0.147. The first-order chi connectivity index (χ1) is 20.2. The maximum absolute atomic E-state index is 13.6. The predicted molar refractivity (Wildman–Crippen MR) is 164 cm³/mol. The Labute approximate surface area is 248 Å². The van der Waals surface area contributed by atoms with Gasteiger partial charge in [0.1, 0.15) is 11.5 Å². The number of nitrogens with one attached hydrogen (secondary N) is 2. The highest BCUT2D eigenvalue weighted by atomic mass is 16.5. The molecule has 0 spiro atoms. The van der Waals surface area contributed by atoms with Crippen molar-refractivity contribution in [3.05, 3.63) is 94.5 Å². The standard InChI is InChI=1S/C35H42N2O5/c1-23(2)26-9-7-10-29(19-26)35(12-13-35)36-22-33(39)32-17-25-8-6-11-30(16-25)41-14-4-5-15-42-31-20-27(24(3)38)18-28(21-31)34(40)37-32/h6-11,16,18-21,23,32-33,36,39H,4-5,12-15,17,22H2,1-3H3,(H,37,40)/t32-,33+/m0/s1. The van der Waals surface area contributed by atoms with E-state index in [9.17, 15) is 14.7 Å². The molecule has 3 N–H and O–H groups in total. The number of Topliss-reactive ketones (excluding diaryl/α,β-unsaturated/α-hetero) is 1. The van der Waals surface area contributed by atoms with Gasteiger partial charge in [-0.05, 0) is 92.0 Å². The number of carbonyl (C=O) groups excluding carboxylic acids is 2. The maximum Gasteiger partial charge on any atom is 0.251 e. The Morgan fingerprint density at radius 3 is 2.45 bits per heavy atom. The number of ketones is 1. The number of aliphatic hydroxyl groups excluding tert-OH is 1. The molecule has 2 atom stereocenters. The van der Waals surface area contributed by atoms with Crippen molar-refractivity contribution in [1.82, 2.24) is 10.6 Å². The number of benzene rings is 3. The molecule has 222 valence electrons. The first kappa shape index (κ1) is 29.8. The van der Waals surface area contributed by atoms with Crippen molar-refractivity contribution in [3.8, 4) is 11.5 Å². The van der Waals surface area contributed by atoms with Crippen LogP contribution in [0.4, 0.5) is 0 Å². The third kappa shape index (κ3) is 7.39. The quantitative estimate of drug-likeness (QED) is 0.323. The molecule has 1 fully saturated rings. The lowest BCUT2D eigenvalue weighted by Gasteiger charge is -2.28. The molecule has 1 heterocycles. The van der Waals surface area contributed by atoms with E-state index >= 15 is 0 Å².